The maximum atomic E-state index is 12.6. The van der Waals surface area contributed by atoms with Crippen LogP contribution in [0.3, 0.4) is 0 Å². The van der Waals surface area contributed by atoms with E-state index in [2.05, 4.69) is 32.1 Å². The Morgan fingerprint density at radius 3 is 2.39 bits per heavy atom. The van der Waals surface area contributed by atoms with Gasteiger partial charge in [-0.05, 0) is 37.1 Å². The van der Waals surface area contributed by atoms with Gasteiger partial charge in [-0.1, -0.05) is 23.7 Å². The normalized spacial score (nSPS) is 18.5. The van der Waals surface area contributed by atoms with Gasteiger partial charge in [0.2, 0.25) is 5.91 Å². The van der Waals surface area contributed by atoms with Gasteiger partial charge >= 0.3 is 0 Å². The highest BCUT2D eigenvalue weighted by molar-refractivity contribution is 7.16. The van der Waals surface area contributed by atoms with E-state index in [1.54, 1.807) is 11.3 Å². The number of carbonyl (C=O) groups excluding carboxylic acids is 1. The third-order valence-corrected chi connectivity index (χ3v) is 6.68. The van der Waals surface area contributed by atoms with Crippen molar-refractivity contribution in [2.45, 2.75) is 19.4 Å². The molecule has 28 heavy (non-hydrogen) atoms. The van der Waals surface area contributed by atoms with Gasteiger partial charge in [-0.3, -0.25) is 14.6 Å². The number of anilines is 2. The van der Waals surface area contributed by atoms with Crippen LogP contribution < -0.4 is 10.2 Å². The number of para-hydroxylation sites is 2. The number of thiophene rings is 1. The number of amides is 1. The summed E-state index contributed by atoms with van der Waals surface area (Å²) >= 11 is 7.67. The van der Waals surface area contributed by atoms with Crippen LogP contribution in [0.15, 0.2) is 36.4 Å². The largest absolute Gasteiger partial charge is 0.370 e. The number of rotatable bonds is 6. The second-order valence-corrected chi connectivity index (χ2v) is 9.32. The van der Waals surface area contributed by atoms with Crippen LogP contribution in [0.5, 0.6) is 0 Å². The summed E-state index contributed by atoms with van der Waals surface area (Å²) in [5.74, 6) is 0.0742. The smallest absolute Gasteiger partial charge is 0.238 e. The zero-order valence-electron chi connectivity index (χ0n) is 16.1. The van der Waals surface area contributed by atoms with Gasteiger partial charge in [0.25, 0.3) is 0 Å². The van der Waals surface area contributed by atoms with E-state index in [4.69, 9.17) is 11.6 Å². The highest BCUT2D eigenvalue weighted by Gasteiger charge is 2.21. The van der Waals surface area contributed by atoms with E-state index in [9.17, 15) is 4.79 Å². The Balaban J connectivity index is 1.26. The summed E-state index contributed by atoms with van der Waals surface area (Å²) in [6.45, 7) is 7.34. The van der Waals surface area contributed by atoms with Gasteiger partial charge in [-0.25, -0.2) is 0 Å². The molecule has 2 aromatic rings. The molecule has 4 rings (SSSR count). The number of piperazine rings is 1. The lowest BCUT2D eigenvalue weighted by Crippen LogP contribution is -2.48. The minimum Gasteiger partial charge on any atom is -0.370 e. The summed E-state index contributed by atoms with van der Waals surface area (Å²) in [5.41, 5.74) is 2.08. The van der Waals surface area contributed by atoms with Crippen molar-refractivity contribution in [2.75, 3.05) is 56.0 Å². The van der Waals surface area contributed by atoms with Gasteiger partial charge < -0.3 is 10.2 Å². The summed E-state index contributed by atoms with van der Waals surface area (Å²) in [5, 5.41) is 3.14. The van der Waals surface area contributed by atoms with Crippen LogP contribution in [-0.2, 0) is 11.3 Å². The SMILES string of the molecule is O=C(CN1CCN(Cc2ccc(Cl)s2)CC1)Nc1ccccc1N1CCCC1. The van der Waals surface area contributed by atoms with Crippen LogP contribution in [-0.4, -0.2) is 61.5 Å². The molecule has 0 aliphatic carbocycles. The predicted octanol–water partition coefficient (Wildman–Crippen LogP) is 3.76. The fraction of sp³-hybridized carbons (Fsp3) is 0.476. The van der Waals surface area contributed by atoms with E-state index in [0.29, 0.717) is 6.54 Å². The topological polar surface area (TPSA) is 38.8 Å². The lowest BCUT2D eigenvalue weighted by atomic mass is 10.2. The first-order valence-corrected chi connectivity index (χ1v) is 11.2. The molecule has 1 aromatic carbocycles. The molecule has 1 aromatic heterocycles. The van der Waals surface area contributed by atoms with Crippen LogP contribution in [0.2, 0.25) is 4.34 Å². The second kappa shape index (κ2) is 9.27. The molecule has 150 valence electrons. The molecule has 5 nitrogen and oxygen atoms in total. The van der Waals surface area contributed by atoms with Gasteiger partial charge in [0.15, 0.2) is 0 Å². The van der Waals surface area contributed by atoms with Gasteiger partial charge in [-0.2, -0.15) is 0 Å². The quantitative estimate of drug-likeness (QED) is 0.775. The van der Waals surface area contributed by atoms with Gasteiger partial charge in [0, 0.05) is 50.7 Å². The van der Waals surface area contributed by atoms with Crippen molar-refractivity contribution in [3.05, 3.63) is 45.6 Å². The van der Waals surface area contributed by atoms with Crippen molar-refractivity contribution < 1.29 is 4.79 Å². The van der Waals surface area contributed by atoms with Crippen LogP contribution in [0.4, 0.5) is 11.4 Å². The van der Waals surface area contributed by atoms with Crippen molar-refractivity contribution in [1.82, 2.24) is 9.80 Å². The standard InChI is InChI=1S/C21H27ClN4OS/c22-20-8-7-17(28-20)15-24-11-13-25(14-12-24)16-21(27)23-18-5-1-2-6-19(18)26-9-3-4-10-26/h1-2,5-8H,3-4,9-16H2,(H,23,27). The molecule has 2 fully saturated rings. The number of hydrogen-bond donors (Lipinski definition) is 1. The average Bonchev–Trinajstić information content (AvgIpc) is 3.36. The van der Waals surface area contributed by atoms with E-state index in [-0.39, 0.29) is 5.91 Å². The van der Waals surface area contributed by atoms with Crippen molar-refractivity contribution in [2.24, 2.45) is 0 Å². The van der Waals surface area contributed by atoms with Gasteiger partial charge in [-0.15, -0.1) is 11.3 Å². The zero-order valence-corrected chi connectivity index (χ0v) is 17.6. The molecule has 0 bridgehead atoms. The minimum atomic E-state index is 0.0742. The summed E-state index contributed by atoms with van der Waals surface area (Å²) in [6, 6.07) is 12.2. The minimum absolute atomic E-state index is 0.0742. The van der Waals surface area contributed by atoms with E-state index < -0.39 is 0 Å². The Kier molecular flexibility index (Phi) is 6.52. The predicted molar refractivity (Wildman–Crippen MR) is 118 cm³/mol. The fourth-order valence-electron chi connectivity index (χ4n) is 3.97. The number of carbonyl (C=O) groups is 1. The molecule has 2 aliphatic heterocycles. The fourth-order valence-corrected chi connectivity index (χ4v) is 5.10. The molecule has 2 saturated heterocycles. The molecule has 7 heteroatoms. The molecule has 0 saturated carbocycles. The van der Waals surface area contributed by atoms with Crippen LogP contribution in [0.25, 0.3) is 0 Å². The molecule has 0 atom stereocenters. The number of hydrogen-bond acceptors (Lipinski definition) is 5. The molecular formula is C21H27ClN4OS. The van der Waals surface area contributed by atoms with E-state index in [1.807, 2.05) is 24.3 Å². The Morgan fingerprint density at radius 1 is 0.964 bits per heavy atom. The third kappa shape index (κ3) is 5.06. The maximum Gasteiger partial charge on any atom is 0.238 e. The third-order valence-electron chi connectivity index (χ3n) is 5.47. The Bertz CT molecular complexity index is 797. The first-order valence-electron chi connectivity index (χ1n) is 10.00. The lowest BCUT2D eigenvalue weighted by Gasteiger charge is -2.34. The first kappa shape index (κ1) is 19.7. The van der Waals surface area contributed by atoms with Crippen molar-refractivity contribution >= 4 is 40.2 Å². The van der Waals surface area contributed by atoms with Crippen LogP contribution >= 0.6 is 22.9 Å². The second-order valence-electron chi connectivity index (χ2n) is 7.52. The van der Waals surface area contributed by atoms with Crippen molar-refractivity contribution in [3.63, 3.8) is 0 Å². The summed E-state index contributed by atoms with van der Waals surface area (Å²) in [6.07, 6.45) is 2.45. The number of benzene rings is 1. The zero-order chi connectivity index (χ0) is 19.3. The molecule has 0 radical (unpaired) electrons. The Morgan fingerprint density at radius 2 is 1.68 bits per heavy atom. The van der Waals surface area contributed by atoms with Crippen molar-refractivity contribution in [1.29, 1.82) is 0 Å². The monoisotopic (exact) mass is 418 g/mol. The number of halogens is 1. The van der Waals surface area contributed by atoms with Crippen molar-refractivity contribution in [3.8, 4) is 0 Å². The number of nitrogens with one attached hydrogen (secondary N) is 1. The first-order chi connectivity index (χ1) is 13.7. The summed E-state index contributed by atoms with van der Waals surface area (Å²) in [4.78, 5) is 21.0. The maximum absolute atomic E-state index is 12.6. The van der Waals surface area contributed by atoms with E-state index in [1.165, 1.54) is 17.7 Å². The van der Waals surface area contributed by atoms with E-state index in [0.717, 1.165) is 61.5 Å². The number of nitrogens with zero attached hydrogens (tertiary/aromatic N) is 3. The Hall–Kier alpha value is -1.60. The molecule has 1 amide bonds. The summed E-state index contributed by atoms with van der Waals surface area (Å²) in [7, 11) is 0. The highest BCUT2D eigenvalue weighted by Crippen LogP contribution is 2.28. The molecule has 3 heterocycles. The lowest BCUT2D eigenvalue weighted by molar-refractivity contribution is -0.117. The average molecular weight is 419 g/mol. The summed E-state index contributed by atoms with van der Waals surface area (Å²) < 4.78 is 0.847. The van der Waals surface area contributed by atoms with E-state index >= 15 is 0 Å². The Labute approximate surface area is 175 Å². The molecule has 2 aliphatic rings. The van der Waals surface area contributed by atoms with Crippen LogP contribution in [0, 0.1) is 0 Å². The molecule has 0 spiro atoms. The molecular weight excluding hydrogens is 392 g/mol. The van der Waals surface area contributed by atoms with Crippen LogP contribution in [0.1, 0.15) is 17.7 Å². The highest BCUT2D eigenvalue weighted by atomic mass is 35.5. The van der Waals surface area contributed by atoms with Gasteiger partial charge in [0.05, 0.1) is 22.3 Å². The van der Waals surface area contributed by atoms with Gasteiger partial charge in [0.1, 0.15) is 0 Å². The molecule has 1 N–H and O–H groups in total. The molecule has 0 unspecified atom stereocenters.